The number of carboxylic acids is 2. The Morgan fingerprint density at radius 2 is 1.39 bits per heavy atom. The molecule has 0 fully saturated rings. The molecule has 5 rings (SSSR count). The Balaban J connectivity index is 1.69. The average Bonchev–Trinajstić information content (AvgIpc) is 3.01. The van der Waals surface area contributed by atoms with Gasteiger partial charge in [0.1, 0.15) is 4.64 Å². The van der Waals surface area contributed by atoms with Crippen molar-refractivity contribution in [3.63, 3.8) is 0 Å². The molecule has 0 unspecified atom stereocenters. The zero-order valence-electron chi connectivity index (χ0n) is 20.9. The van der Waals surface area contributed by atoms with E-state index in [1.807, 2.05) is 0 Å². The fraction of sp³-hybridized carbons (Fsp3) is 0.200. The Labute approximate surface area is 224 Å². The summed E-state index contributed by atoms with van der Waals surface area (Å²) >= 11 is 5.68. The van der Waals surface area contributed by atoms with Gasteiger partial charge >= 0.3 is 17.6 Å². The van der Waals surface area contributed by atoms with Crippen molar-refractivity contribution < 1.29 is 19.8 Å². The molecule has 1 aromatic heterocycles. The third-order valence-corrected chi connectivity index (χ3v) is 7.41. The first-order chi connectivity index (χ1) is 18.1. The highest BCUT2D eigenvalue weighted by molar-refractivity contribution is 7.71. The van der Waals surface area contributed by atoms with E-state index in [2.05, 4.69) is 55.2 Å². The minimum atomic E-state index is -1.24. The molecule has 0 radical (unpaired) electrons. The molecule has 3 aromatic carbocycles. The van der Waals surface area contributed by atoms with Gasteiger partial charge < -0.3 is 10.2 Å². The first-order valence-electron chi connectivity index (χ1n) is 12.2. The van der Waals surface area contributed by atoms with Crippen LogP contribution in [0.5, 0.6) is 0 Å². The van der Waals surface area contributed by atoms with Crippen LogP contribution in [0, 0.1) is 18.5 Å². The lowest BCUT2D eigenvalue weighted by Crippen LogP contribution is -2.25. The second kappa shape index (κ2) is 9.87. The molecule has 0 saturated heterocycles. The minimum Gasteiger partial charge on any atom is -0.478 e. The molecule has 1 aliphatic rings. The van der Waals surface area contributed by atoms with Crippen molar-refractivity contribution in [2.24, 2.45) is 0 Å². The molecule has 0 saturated carbocycles. The summed E-state index contributed by atoms with van der Waals surface area (Å²) in [6.45, 7) is 4.12. The summed E-state index contributed by atoms with van der Waals surface area (Å²) in [5.41, 5.74) is 7.43. The number of hydrogen-bond acceptors (Lipinski definition) is 4. The van der Waals surface area contributed by atoms with E-state index < -0.39 is 17.6 Å². The number of aromatic amines is 1. The van der Waals surface area contributed by atoms with Gasteiger partial charge in [-0.3, -0.25) is 9.55 Å². The van der Waals surface area contributed by atoms with E-state index in [1.165, 1.54) is 39.0 Å². The highest BCUT2D eigenvalue weighted by Gasteiger charge is 2.27. The van der Waals surface area contributed by atoms with E-state index in [4.69, 9.17) is 12.2 Å². The van der Waals surface area contributed by atoms with E-state index in [-0.39, 0.29) is 23.6 Å². The summed E-state index contributed by atoms with van der Waals surface area (Å²) < 4.78 is 1.76. The fourth-order valence-electron chi connectivity index (χ4n) is 5.31. The van der Waals surface area contributed by atoms with Gasteiger partial charge in [0.15, 0.2) is 0 Å². The molecule has 8 heteroatoms. The van der Waals surface area contributed by atoms with E-state index in [9.17, 15) is 24.6 Å². The van der Waals surface area contributed by atoms with Crippen LogP contribution in [0.1, 0.15) is 71.1 Å². The Morgan fingerprint density at radius 1 is 0.868 bits per heavy atom. The second-order valence-electron chi connectivity index (χ2n) is 9.84. The summed E-state index contributed by atoms with van der Waals surface area (Å²) in [6.07, 6.45) is 3.50. The zero-order chi connectivity index (χ0) is 27.1. The summed E-state index contributed by atoms with van der Waals surface area (Å²) in [5.74, 6) is -2.70. The summed E-state index contributed by atoms with van der Waals surface area (Å²) in [5, 5.41) is 18.9. The van der Waals surface area contributed by atoms with E-state index in [1.54, 1.807) is 6.20 Å². The number of aromatic nitrogens is 2. The summed E-state index contributed by atoms with van der Waals surface area (Å²) in [6, 6.07) is 16.7. The van der Waals surface area contributed by atoms with Gasteiger partial charge in [-0.25, -0.2) is 14.4 Å². The van der Waals surface area contributed by atoms with Gasteiger partial charge in [-0.1, -0.05) is 59.7 Å². The van der Waals surface area contributed by atoms with Gasteiger partial charge in [0.05, 0.1) is 17.7 Å². The number of aryl methyl sites for hydroxylation is 4. The highest BCUT2D eigenvalue weighted by Crippen LogP contribution is 2.39. The van der Waals surface area contributed by atoms with Crippen LogP contribution >= 0.6 is 12.2 Å². The number of nitrogens with one attached hydrogen (secondary N) is 1. The lowest BCUT2D eigenvalue weighted by molar-refractivity contribution is 0.0696. The van der Waals surface area contributed by atoms with Crippen molar-refractivity contribution in [2.45, 2.75) is 39.2 Å². The normalized spacial score (nSPS) is 12.9. The van der Waals surface area contributed by atoms with Gasteiger partial charge in [-0.05, 0) is 72.7 Å². The van der Waals surface area contributed by atoms with E-state index in [0.717, 1.165) is 35.6 Å². The molecule has 192 valence electrons. The Hall–Kier alpha value is -4.30. The highest BCUT2D eigenvalue weighted by atomic mass is 32.1. The Bertz CT molecular complexity index is 1650. The Morgan fingerprint density at radius 3 is 1.89 bits per heavy atom. The number of carboxylic acid groups (broad SMARTS) is 2. The predicted octanol–water partition coefficient (Wildman–Crippen LogP) is 5.25. The standard InChI is InChI=1S/C30H26N2O5S/c1-16-3-7-23-19(9-16)5-6-20-10-17(2)4-8-24(20)26(23)25-15-32(30(37)31-27(25)38)14-18-11-21(28(33)34)13-22(12-18)29(35)36/h3-4,7-13,15,26H,5-6,14H2,1-2H3,(H,33,34)(H,35,36)(H,31,37,38). The molecule has 0 amide bonds. The number of carbonyl (C=O) groups is 2. The lowest BCUT2D eigenvalue weighted by Gasteiger charge is -2.22. The number of aromatic carboxylic acids is 2. The van der Waals surface area contributed by atoms with Crippen molar-refractivity contribution >= 4 is 24.2 Å². The third-order valence-electron chi connectivity index (χ3n) is 7.07. The monoisotopic (exact) mass is 526 g/mol. The van der Waals surface area contributed by atoms with Crippen molar-refractivity contribution in [3.8, 4) is 0 Å². The maximum Gasteiger partial charge on any atom is 0.335 e. The van der Waals surface area contributed by atoms with Crippen molar-refractivity contribution in [2.75, 3.05) is 0 Å². The molecule has 0 bridgehead atoms. The molecule has 0 atom stereocenters. The maximum absolute atomic E-state index is 13.0. The van der Waals surface area contributed by atoms with Crippen molar-refractivity contribution in [1.29, 1.82) is 0 Å². The minimum absolute atomic E-state index is 0.0203. The number of H-pyrrole nitrogens is 1. The quantitative estimate of drug-likeness (QED) is 0.307. The Kier molecular flexibility index (Phi) is 6.59. The fourth-order valence-corrected chi connectivity index (χ4v) is 5.57. The molecular weight excluding hydrogens is 500 g/mol. The van der Waals surface area contributed by atoms with Crippen molar-refractivity contribution in [3.05, 3.63) is 132 Å². The van der Waals surface area contributed by atoms with Crippen LogP contribution in [0.4, 0.5) is 0 Å². The van der Waals surface area contributed by atoms with Gasteiger partial charge in [0.25, 0.3) is 0 Å². The van der Waals surface area contributed by atoms with Crippen LogP contribution in [0.3, 0.4) is 0 Å². The molecule has 7 nitrogen and oxygen atoms in total. The van der Waals surface area contributed by atoms with Gasteiger partial charge in [0.2, 0.25) is 0 Å². The van der Waals surface area contributed by atoms with Gasteiger partial charge in [0, 0.05) is 17.7 Å². The SMILES string of the molecule is Cc1ccc2c(c1)CCc1cc(C)ccc1C2c1cn(Cc2cc(C(=O)O)cc(C(=O)O)c2)c(=O)[nH]c1=S. The molecule has 0 spiro atoms. The van der Waals surface area contributed by atoms with Crippen LogP contribution in [0.25, 0.3) is 0 Å². The summed E-state index contributed by atoms with van der Waals surface area (Å²) in [7, 11) is 0. The predicted molar refractivity (Wildman–Crippen MR) is 146 cm³/mol. The molecular formula is C30H26N2O5S. The number of hydrogen-bond donors (Lipinski definition) is 3. The number of nitrogens with zero attached hydrogens (tertiary/aromatic N) is 1. The van der Waals surface area contributed by atoms with Crippen LogP contribution in [0.2, 0.25) is 0 Å². The first kappa shape index (κ1) is 25.4. The molecule has 38 heavy (non-hydrogen) atoms. The number of benzene rings is 3. The molecule has 3 N–H and O–H groups in total. The molecule has 0 aliphatic heterocycles. The van der Waals surface area contributed by atoms with E-state index in [0.29, 0.717) is 10.2 Å². The van der Waals surface area contributed by atoms with Crippen molar-refractivity contribution in [1.82, 2.24) is 9.55 Å². The average molecular weight is 527 g/mol. The second-order valence-corrected chi connectivity index (χ2v) is 10.2. The summed E-state index contributed by atoms with van der Waals surface area (Å²) in [4.78, 5) is 38.9. The third kappa shape index (κ3) is 4.82. The number of fused-ring (bicyclic) bond motifs is 2. The molecule has 1 aliphatic carbocycles. The largest absolute Gasteiger partial charge is 0.478 e. The van der Waals surface area contributed by atoms with Gasteiger partial charge in [-0.15, -0.1) is 0 Å². The number of rotatable bonds is 5. The van der Waals surface area contributed by atoms with Crippen LogP contribution in [-0.4, -0.2) is 31.7 Å². The first-order valence-corrected chi connectivity index (χ1v) is 12.6. The topological polar surface area (TPSA) is 112 Å². The smallest absolute Gasteiger partial charge is 0.335 e. The van der Waals surface area contributed by atoms with Crippen LogP contribution < -0.4 is 5.69 Å². The molecule has 1 heterocycles. The van der Waals surface area contributed by atoms with Crippen LogP contribution in [0.15, 0.2) is 65.6 Å². The zero-order valence-corrected chi connectivity index (χ0v) is 21.8. The lowest BCUT2D eigenvalue weighted by atomic mass is 9.83. The van der Waals surface area contributed by atoms with Crippen LogP contribution in [-0.2, 0) is 19.4 Å². The van der Waals surface area contributed by atoms with Gasteiger partial charge in [-0.2, -0.15) is 0 Å². The maximum atomic E-state index is 13.0. The molecule has 4 aromatic rings. The van der Waals surface area contributed by atoms with E-state index >= 15 is 0 Å².